The average molecular weight is 468 g/mol. The van der Waals surface area contributed by atoms with E-state index >= 15 is 0 Å². The van der Waals surface area contributed by atoms with Gasteiger partial charge in [0.05, 0.1) is 37.8 Å². The molecule has 0 saturated heterocycles. The maximum Gasteiger partial charge on any atom is 0.281 e. The van der Waals surface area contributed by atoms with Gasteiger partial charge < -0.3 is 14.2 Å². The fraction of sp³-hybridized carbons (Fsp3) is 0.174. The van der Waals surface area contributed by atoms with Gasteiger partial charge in [0.15, 0.2) is 11.5 Å². The van der Waals surface area contributed by atoms with Crippen LogP contribution in [0.4, 0.5) is 5.13 Å². The average Bonchev–Trinajstić information content (AvgIpc) is 3.47. The number of hydrogen-bond donors (Lipinski definition) is 0. The SMILES string of the molecule is COc1cc(C(=O)N(/N=C/c2cccs2)c2nc3ccc(C)cc3s2)cc(OC)c1OC. The number of hydrogen-bond acceptors (Lipinski definition) is 8. The van der Waals surface area contributed by atoms with E-state index in [1.807, 2.05) is 42.6 Å². The normalized spacial score (nSPS) is 11.1. The summed E-state index contributed by atoms with van der Waals surface area (Å²) in [4.78, 5) is 19.2. The minimum Gasteiger partial charge on any atom is -0.493 e. The standard InChI is InChI=1S/C23H21N3O4S2/c1-14-7-8-17-20(10-14)32-23(25-17)26(24-13-16-6-5-9-31-16)22(27)15-11-18(28-2)21(30-4)19(12-15)29-3/h5-13H,1-4H3/b24-13+. The van der Waals surface area contributed by atoms with Crippen LogP contribution in [0.15, 0.2) is 52.9 Å². The Morgan fingerprint density at radius 1 is 1.06 bits per heavy atom. The molecule has 164 valence electrons. The zero-order chi connectivity index (χ0) is 22.7. The smallest absolute Gasteiger partial charge is 0.281 e. The van der Waals surface area contributed by atoms with Crippen molar-refractivity contribution >= 4 is 50.1 Å². The third kappa shape index (κ3) is 4.30. The molecule has 4 rings (SSSR count). The second kappa shape index (κ2) is 9.37. The Labute approximate surface area is 193 Å². The van der Waals surface area contributed by atoms with Crippen molar-refractivity contribution in [3.05, 3.63) is 63.8 Å². The summed E-state index contributed by atoms with van der Waals surface area (Å²) in [5.41, 5.74) is 2.26. The van der Waals surface area contributed by atoms with E-state index in [2.05, 4.69) is 10.1 Å². The number of nitrogens with zero attached hydrogens (tertiary/aromatic N) is 3. The summed E-state index contributed by atoms with van der Waals surface area (Å²) < 4.78 is 17.2. The lowest BCUT2D eigenvalue weighted by molar-refractivity contribution is 0.0987. The summed E-state index contributed by atoms with van der Waals surface area (Å²) in [5.74, 6) is 0.818. The van der Waals surface area contributed by atoms with Gasteiger partial charge in [0.25, 0.3) is 5.91 Å². The maximum atomic E-state index is 13.6. The third-order valence-electron chi connectivity index (χ3n) is 4.66. The van der Waals surface area contributed by atoms with Crippen molar-refractivity contribution in [2.75, 3.05) is 26.3 Å². The molecule has 7 nitrogen and oxygen atoms in total. The van der Waals surface area contributed by atoms with Crippen molar-refractivity contribution in [1.29, 1.82) is 0 Å². The molecule has 1 amide bonds. The van der Waals surface area contributed by atoms with Gasteiger partial charge in [0.2, 0.25) is 10.9 Å². The lowest BCUT2D eigenvalue weighted by Crippen LogP contribution is -2.25. The van der Waals surface area contributed by atoms with Crippen LogP contribution in [0, 0.1) is 6.92 Å². The summed E-state index contributed by atoms with van der Waals surface area (Å²) in [6.45, 7) is 2.02. The summed E-state index contributed by atoms with van der Waals surface area (Å²) in [5, 5.41) is 8.22. The fourth-order valence-corrected chi connectivity index (χ4v) is 4.70. The predicted octanol–water partition coefficient (Wildman–Crippen LogP) is 5.37. The minimum atomic E-state index is -0.368. The lowest BCUT2D eigenvalue weighted by Gasteiger charge is -2.17. The van der Waals surface area contributed by atoms with E-state index < -0.39 is 0 Å². The molecule has 0 unspecified atom stereocenters. The molecule has 0 saturated carbocycles. The lowest BCUT2D eigenvalue weighted by atomic mass is 10.1. The predicted molar refractivity (Wildman–Crippen MR) is 129 cm³/mol. The van der Waals surface area contributed by atoms with Crippen LogP contribution in [0.25, 0.3) is 10.2 Å². The number of ether oxygens (including phenoxy) is 3. The quantitative estimate of drug-likeness (QED) is 0.270. The van der Waals surface area contributed by atoms with Crippen LogP contribution in [0.3, 0.4) is 0 Å². The molecule has 0 bridgehead atoms. The van der Waals surface area contributed by atoms with E-state index in [-0.39, 0.29) is 5.91 Å². The number of anilines is 1. The number of carbonyl (C=O) groups is 1. The molecule has 0 fully saturated rings. The van der Waals surface area contributed by atoms with Crippen LogP contribution in [0.1, 0.15) is 20.8 Å². The number of benzene rings is 2. The Balaban J connectivity index is 1.81. The fourth-order valence-electron chi connectivity index (χ4n) is 3.11. The Bertz CT molecular complexity index is 1260. The second-order valence-corrected chi connectivity index (χ2v) is 8.75. The Hall–Kier alpha value is -3.43. The van der Waals surface area contributed by atoms with Crippen LogP contribution < -0.4 is 19.2 Å². The first-order valence-electron chi connectivity index (χ1n) is 9.63. The van der Waals surface area contributed by atoms with Crippen LogP contribution in [-0.2, 0) is 0 Å². The monoisotopic (exact) mass is 467 g/mol. The van der Waals surface area contributed by atoms with E-state index in [9.17, 15) is 4.79 Å². The van der Waals surface area contributed by atoms with E-state index in [4.69, 9.17) is 14.2 Å². The number of amides is 1. The summed E-state index contributed by atoms with van der Waals surface area (Å²) in [6.07, 6.45) is 1.65. The molecule has 9 heteroatoms. The topological polar surface area (TPSA) is 73.2 Å². The molecule has 0 aliphatic rings. The number of aryl methyl sites for hydroxylation is 1. The summed E-state index contributed by atoms with van der Waals surface area (Å²) >= 11 is 2.93. The number of thiophene rings is 1. The van der Waals surface area contributed by atoms with Crippen molar-refractivity contribution in [3.63, 3.8) is 0 Å². The molecule has 4 aromatic rings. The number of fused-ring (bicyclic) bond motifs is 1. The zero-order valence-corrected chi connectivity index (χ0v) is 19.6. The van der Waals surface area contributed by atoms with E-state index in [1.54, 1.807) is 18.3 Å². The number of aromatic nitrogens is 1. The first-order chi connectivity index (χ1) is 15.5. The molecule has 2 aromatic carbocycles. The molecule has 0 radical (unpaired) electrons. The largest absolute Gasteiger partial charge is 0.493 e. The first-order valence-corrected chi connectivity index (χ1v) is 11.3. The highest BCUT2D eigenvalue weighted by atomic mass is 32.1. The van der Waals surface area contributed by atoms with Crippen molar-refractivity contribution in [1.82, 2.24) is 4.98 Å². The highest BCUT2D eigenvalue weighted by molar-refractivity contribution is 7.22. The van der Waals surface area contributed by atoms with Crippen molar-refractivity contribution < 1.29 is 19.0 Å². The number of methoxy groups -OCH3 is 3. The van der Waals surface area contributed by atoms with Crippen LogP contribution in [0.5, 0.6) is 17.2 Å². The molecule has 2 heterocycles. The summed E-state index contributed by atoms with van der Waals surface area (Å²) in [6, 6.07) is 13.0. The molecule has 0 spiro atoms. The van der Waals surface area contributed by atoms with Gasteiger partial charge >= 0.3 is 0 Å². The molecular formula is C23H21N3O4S2. The Morgan fingerprint density at radius 2 is 1.81 bits per heavy atom. The minimum absolute atomic E-state index is 0.332. The van der Waals surface area contributed by atoms with E-state index in [0.29, 0.717) is 27.9 Å². The second-order valence-electron chi connectivity index (χ2n) is 6.76. The number of carbonyl (C=O) groups excluding carboxylic acids is 1. The van der Waals surface area contributed by atoms with Crippen LogP contribution in [0.2, 0.25) is 0 Å². The summed E-state index contributed by atoms with van der Waals surface area (Å²) in [7, 11) is 4.53. The van der Waals surface area contributed by atoms with Crippen LogP contribution in [-0.4, -0.2) is 38.4 Å². The number of hydrazone groups is 1. The van der Waals surface area contributed by atoms with Crippen molar-refractivity contribution in [3.8, 4) is 17.2 Å². The van der Waals surface area contributed by atoms with E-state index in [1.165, 1.54) is 49.0 Å². The van der Waals surface area contributed by atoms with Crippen molar-refractivity contribution in [2.45, 2.75) is 6.92 Å². The van der Waals surface area contributed by atoms with Gasteiger partial charge in [0, 0.05) is 10.4 Å². The van der Waals surface area contributed by atoms with Gasteiger partial charge in [-0.25, -0.2) is 4.98 Å². The maximum absolute atomic E-state index is 13.6. The number of rotatable bonds is 7. The molecule has 0 N–H and O–H groups in total. The Kier molecular flexibility index (Phi) is 6.38. The molecule has 0 atom stereocenters. The van der Waals surface area contributed by atoms with Crippen molar-refractivity contribution in [2.24, 2.45) is 5.10 Å². The molecule has 0 aliphatic carbocycles. The van der Waals surface area contributed by atoms with E-state index in [0.717, 1.165) is 20.7 Å². The highest BCUT2D eigenvalue weighted by Gasteiger charge is 2.24. The highest BCUT2D eigenvalue weighted by Crippen LogP contribution is 2.39. The molecule has 0 aliphatic heterocycles. The Morgan fingerprint density at radius 3 is 2.44 bits per heavy atom. The molecule has 2 aromatic heterocycles. The molecular weight excluding hydrogens is 446 g/mol. The molecule has 32 heavy (non-hydrogen) atoms. The van der Waals surface area contributed by atoms with Gasteiger partial charge in [-0.1, -0.05) is 23.5 Å². The van der Waals surface area contributed by atoms with Gasteiger partial charge in [-0.2, -0.15) is 10.1 Å². The van der Waals surface area contributed by atoms with Gasteiger partial charge in [-0.15, -0.1) is 11.3 Å². The van der Waals surface area contributed by atoms with Crippen LogP contribution >= 0.6 is 22.7 Å². The number of thiazole rings is 1. The zero-order valence-electron chi connectivity index (χ0n) is 18.0. The van der Waals surface area contributed by atoms with Gasteiger partial charge in [-0.05, 0) is 48.2 Å². The first kappa shape index (κ1) is 21.8. The third-order valence-corrected chi connectivity index (χ3v) is 6.46. The van der Waals surface area contributed by atoms with Gasteiger partial charge in [0.1, 0.15) is 0 Å². The van der Waals surface area contributed by atoms with Gasteiger partial charge in [-0.3, -0.25) is 4.79 Å².